The lowest BCUT2D eigenvalue weighted by Crippen LogP contribution is -2.44. The fourth-order valence-electron chi connectivity index (χ4n) is 1.76. The molecule has 0 radical (unpaired) electrons. The Labute approximate surface area is 104 Å². The molecule has 0 aliphatic carbocycles. The van der Waals surface area contributed by atoms with Crippen molar-refractivity contribution in [3.8, 4) is 0 Å². The smallest absolute Gasteiger partial charge is 0.163 e. The van der Waals surface area contributed by atoms with Gasteiger partial charge in [-0.15, -0.1) is 0 Å². The van der Waals surface area contributed by atoms with Gasteiger partial charge in [0.15, 0.2) is 5.79 Å². The second-order valence-corrected chi connectivity index (χ2v) is 5.23. The minimum atomic E-state index is -0.478. The fourth-order valence-corrected chi connectivity index (χ4v) is 2.27. The maximum atomic E-state index is 5.73. The lowest BCUT2D eigenvalue weighted by atomic mass is 10.2. The third-order valence-electron chi connectivity index (χ3n) is 2.61. The van der Waals surface area contributed by atoms with Gasteiger partial charge in [0.25, 0.3) is 0 Å². The maximum Gasteiger partial charge on any atom is 0.163 e. The Morgan fingerprint density at radius 2 is 1.93 bits per heavy atom. The molecule has 3 atom stereocenters. The number of ether oxygens (including phenoxy) is 4. The Morgan fingerprint density at radius 3 is 2.40 bits per heavy atom. The van der Waals surface area contributed by atoms with Gasteiger partial charge < -0.3 is 18.9 Å². The summed E-state index contributed by atoms with van der Waals surface area (Å²) in [6.45, 7) is 5.70. The van der Waals surface area contributed by atoms with Gasteiger partial charge in [-0.25, -0.2) is 0 Å². The van der Waals surface area contributed by atoms with Crippen molar-refractivity contribution in [1.29, 1.82) is 0 Å². The van der Waals surface area contributed by atoms with Crippen LogP contribution in [-0.2, 0) is 18.9 Å². The van der Waals surface area contributed by atoms with Crippen LogP contribution in [0.2, 0.25) is 0 Å². The standard InChI is InChI=1S/C10H17IO4/c1-10(2)14-6-9(15-10)8-5-12-7(3-11)4-13-8/h7-9H,3-6H2,1-2H3/t7-,8-,9-/m0/s1. The van der Waals surface area contributed by atoms with Crippen molar-refractivity contribution < 1.29 is 18.9 Å². The Balaban J connectivity index is 1.81. The molecule has 0 spiro atoms. The van der Waals surface area contributed by atoms with Crippen LogP contribution in [-0.4, -0.2) is 48.3 Å². The predicted molar refractivity (Wildman–Crippen MR) is 63.3 cm³/mol. The lowest BCUT2D eigenvalue weighted by Gasteiger charge is -2.31. The molecule has 2 aliphatic heterocycles. The van der Waals surface area contributed by atoms with Crippen molar-refractivity contribution >= 4 is 22.6 Å². The number of hydrogen-bond acceptors (Lipinski definition) is 4. The zero-order valence-corrected chi connectivity index (χ0v) is 11.2. The first-order valence-corrected chi connectivity index (χ1v) is 6.74. The zero-order valence-electron chi connectivity index (χ0n) is 9.07. The molecule has 15 heavy (non-hydrogen) atoms. The largest absolute Gasteiger partial charge is 0.372 e. The summed E-state index contributed by atoms with van der Waals surface area (Å²) in [4.78, 5) is 0. The van der Waals surface area contributed by atoms with Crippen molar-refractivity contribution in [3.63, 3.8) is 0 Å². The molecule has 0 aromatic heterocycles. The number of hydrogen-bond donors (Lipinski definition) is 0. The first kappa shape index (κ1) is 12.0. The van der Waals surface area contributed by atoms with E-state index in [4.69, 9.17) is 18.9 Å². The van der Waals surface area contributed by atoms with E-state index in [1.54, 1.807) is 0 Å². The summed E-state index contributed by atoms with van der Waals surface area (Å²) in [6.07, 6.45) is 0.262. The van der Waals surface area contributed by atoms with Crippen LogP contribution >= 0.6 is 22.6 Å². The molecule has 2 saturated heterocycles. The molecular weight excluding hydrogens is 311 g/mol. The van der Waals surface area contributed by atoms with E-state index in [2.05, 4.69) is 22.6 Å². The molecule has 0 bridgehead atoms. The highest BCUT2D eigenvalue weighted by Crippen LogP contribution is 2.27. The Hall–Kier alpha value is 0.570. The van der Waals surface area contributed by atoms with Crippen LogP contribution in [0.1, 0.15) is 13.8 Å². The monoisotopic (exact) mass is 328 g/mol. The second-order valence-electron chi connectivity index (χ2n) is 4.35. The van der Waals surface area contributed by atoms with E-state index in [9.17, 15) is 0 Å². The normalized spacial score (nSPS) is 40.6. The van der Waals surface area contributed by atoms with E-state index in [-0.39, 0.29) is 18.3 Å². The molecule has 5 heteroatoms. The average Bonchev–Trinajstić information content (AvgIpc) is 2.59. The first-order chi connectivity index (χ1) is 7.11. The van der Waals surface area contributed by atoms with E-state index < -0.39 is 5.79 Å². The highest BCUT2D eigenvalue weighted by molar-refractivity contribution is 14.1. The summed E-state index contributed by atoms with van der Waals surface area (Å²) in [7, 11) is 0. The molecule has 0 amide bonds. The zero-order chi connectivity index (χ0) is 10.9. The number of rotatable bonds is 2. The summed E-state index contributed by atoms with van der Waals surface area (Å²) < 4.78 is 23.6. The van der Waals surface area contributed by atoms with Crippen LogP contribution in [0.3, 0.4) is 0 Å². The van der Waals surface area contributed by atoms with E-state index in [0.717, 1.165) is 4.43 Å². The van der Waals surface area contributed by atoms with Gasteiger partial charge in [0.1, 0.15) is 12.2 Å². The third kappa shape index (κ3) is 3.03. The van der Waals surface area contributed by atoms with Crippen LogP contribution in [0.25, 0.3) is 0 Å². The molecule has 2 rings (SSSR count). The van der Waals surface area contributed by atoms with Crippen molar-refractivity contribution in [1.82, 2.24) is 0 Å². The highest BCUT2D eigenvalue weighted by Gasteiger charge is 2.39. The summed E-state index contributed by atoms with van der Waals surface area (Å²) in [5, 5.41) is 0. The molecule has 0 N–H and O–H groups in total. The van der Waals surface area contributed by atoms with Crippen LogP contribution in [0.4, 0.5) is 0 Å². The molecule has 4 nitrogen and oxygen atoms in total. The van der Waals surface area contributed by atoms with Gasteiger partial charge in [0, 0.05) is 4.43 Å². The van der Waals surface area contributed by atoms with Gasteiger partial charge in [-0.3, -0.25) is 0 Å². The molecule has 2 aliphatic rings. The molecule has 0 aromatic rings. The topological polar surface area (TPSA) is 36.9 Å². The Kier molecular flexibility index (Phi) is 3.88. The van der Waals surface area contributed by atoms with E-state index in [1.165, 1.54) is 0 Å². The van der Waals surface area contributed by atoms with Crippen LogP contribution in [0.15, 0.2) is 0 Å². The highest BCUT2D eigenvalue weighted by atomic mass is 127. The first-order valence-electron chi connectivity index (χ1n) is 5.21. The van der Waals surface area contributed by atoms with Gasteiger partial charge in [-0.1, -0.05) is 22.6 Å². The minimum Gasteiger partial charge on any atom is -0.372 e. The van der Waals surface area contributed by atoms with Crippen LogP contribution in [0.5, 0.6) is 0 Å². The van der Waals surface area contributed by atoms with Gasteiger partial charge in [0.2, 0.25) is 0 Å². The minimum absolute atomic E-state index is 0.00941. The van der Waals surface area contributed by atoms with Crippen LogP contribution < -0.4 is 0 Å². The summed E-state index contributed by atoms with van der Waals surface area (Å²) in [5.41, 5.74) is 0. The Bertz CT molecular complexity index is 213. The van der Waals surface area contributed by atoms with E-state index in [1.807, 2.05) is 13.8 Å². The van der Waals surface area contributed by atoms with Crippen molar-refractivity contribution in [2.24, 2.45) is 0 Å². The second kappa shape index (κ2) is 4.83. The number of alkyl halides is 1. The van der Waals surface area contributed by atoms with E-state index >= 15 is 0 Å². The van der Waals surface area contributed by atoms with Gasteiger partial charge in [-0.05, 0) is 13.8 Å². The van der Waals surface area contributed by atoms with Crippen LogP contribution in [0, 0.1) is 0 Å². The van der Waals surface area contributed by atoms with Crippen molar-refractivity contribution in [2.45, 2.75) is 37.9 Å². The fraction of sp³-hybridized carbons (Fsp3) is 1.00. The summed E-state index contributed by atoms with van der Waals surface area (Å²) in [5.74, 6) is -0.478. The molecule has 2 fully saturated rings. The van der Waals surface area contributed by atoms with Gasteiger partial charge >= 0.3 is 0 Å². The Morgan fingerprint density at radius 1 is 1.13 bits per heavy atom. The molecule has 88 valence electrons. The third-order valence-corrected chi connectivity index (χ3v) is 3.59. The summed E-state index contributed by atoms with van der Waals surface area (Å²) in [6, 6.07) is 0. The van der Waals surface area contributed by atoms with Gasteiger partial charge in [0.05, 0.1) is 25.9 Å². The van der Waals surface area contributed by atoms with E-state index in [0.29, 0.717) is 19.8 Å². The molecular formula is C10H17IO4. The SMILES string of the molecule is CC1(C)OC[C@@H]([C@@H]2CO[C@@H](CI)CO2)O1. The van der Waals surface area contributed by atoms with Crippen molar-refractivity contribution in [2.75, 3.05) is 24.2 Å². The van der Waals surface area contributed by atoms with Gasteiger partial charge in [-0.2, -0.15) is 0 Å². The predicted octanol–water partition coefficient (Wildman–Crippen LogP) is 1.36. The molecule has 2 heterocycles. The molecule has 0 saturated carbocycles. The molecule has 0 aromatic carbocycles. The molecule has 0 unspecified atom stereocenters. The summed E-state index contributed by atoms with van der Waals surface area (Å²) >= 11 is 2.31. The average molecular weight is 328 g/mol. The van der Waals surface area contributed by atoms with Crippen molar-refractivity contribution in [3.05, 3.63) is 0 Å². The maximum absolute atomic E-state index is 5.73. The number of halogens is 1. The quantitative estimate of drug-likeness (QED) is 0.567. The lowest BCUT2D eigenvalue weighted by molar-refractivity contribution is -0.189.